The van der Waals surface area contributed by atoms with Gasteiger partial charge in [-0.3, -0.25) is 0 Å². The zero-order chi connectivity index (χ0) is 44.3. The quantitative estimate of drug-likeness (QED) is 0.153. The molecular formula is C53H29F2N11. The maximum Gasteiger partial charge on any atom is 0.159 e. The minimum atomic E-state index is -0.774. The third-order valence-corrected chi connectivity index (χ3v) is 11.8. The van der Waals surface area contributed by atoms with Gasteiger partial charge in [-0.25, -0.2) is 48.7 Å². The molecule has 0 radical (unpaired) electrons. The van der Waals surface area contributed by atoms with Crippen molar-refractivity contribution in [3.8, 4) is 74.1 Å². The summed E-state index contributed by atoms with van der Waals surface area (Å²) in [5, 5.41) is 14.9. The van der Waals surface area contributed by atoms with Gasteiger partial charge in [0.25, 0.3) is 0 Å². The molecule has 0 fully saturated rings. The van der Waals surface area contributed by atoms with Crippen LogP contribution in [0.1, 0.15) is 5.56 Å². The maximum absolute atomic E-state index is 16.3. The fourth-order valence-corrected chi connectivity index (χ4v) is 8.96. The Kier molecular flexibility index (Phi) is 8.95. The molecule has 13 heteroatoms. The number of hydrogen-bond acceptors (Lipinski definition) is 9. The van der Waals surface area contributed by atoms with Gasteiger partial charge in [-0.15, -0.1) is 0 Å². The summed E-state index contributed by atoms with van der Waals surface area (Å²) in [6.45, 7) is 0. The molecule has 310 valence electrons. The van der Waals surface area contributed by atoms with Gasteiger partial charge in [-0.05, 0) is 121 Å². The van der Waals surface area contributed by atoms with Crippen LogP contribution in [0.15, 0.2) is 177 Å². The van der Waals surface area contributed by atoms with Gasteiger partial charge < -0.3 is 9.13 Å². The maximum atomic E-state index is 16.3. The Morgan fingerprint density at radius 1 is 0.394 bits per heavy atom. The number of aromatic nitrogens is 10. The van der Waals surface area contributed by atoms with Gasteiger partial charge in [0.2, 0.25) is 0 Å². The van der Waals surface area contributed by atoms with Crippen LogP contribution in [0, 0.1) is 23.0 Å². The minimum Gasteiger partial charge on any atom is -0.308 e. The molecule has 0 saturated heterocycles. The molecule has 0 aliphatic carbocycles. The summed E-state index contributed by atoms with van der Waals surface area (Å²) in [6, 6.07) is 40.4. The van der Waals surface area contributed by atoms with Crippen LogP contribution in [0.3, 0.4) is 0 Å². The molecule has 12 aromatic rings. The smallest absolute Gasteiger partial charge is 0.159 e. The highest BCUT2D eigenvalue weighted by molar-refractivity contribution is 6.14. The summed E-state index contributed by atoms with van der Waals surface area (Å²) < 4.78 is 36.5. The van der Waals surface area contributed by atoms with Crippen molar-refractivity contribution in [1.29, 1.82) is 5.26 Å². The van der Waals surface area contributed by atoms with E-state index >= 15 is 8.78 Å². The SMILES string of the molecule is N#Cc1c(-n2c3ccc(-c4ncccn4)cc3c3cc(-c4ncccn4)ccc32)ccc(-c2c(F)cccc2F)c1-n1c2ccc(-c3ncccn3)cc2c2cc(-c3ncccn3)ccc21. The van der Waals surface area contributed by atoms with Gasteiger partial charge in [0.05, 0.1) is 39.0 Å². The lowest BCUT2D eigenvalue weighted by atomic mass is 9.97. The first-order valence-corrected chi connectivity index (χ1v) is 20.8. The van der Waals surface area contributed by atoms with E-state index in [2.05, 4.69) is 45.9 Å². The molecule has 0 aliphatic rings. The first-order valence-electron chi connectivity index (χ1n) is 20.8. The highest BCUT2D eigenvalue weighted by Gasteiger charge is 2.27. The minimum absolute atomic E-state index is 0.171. The molecular weight excluding hydrogens is 829 g/mol. The predicted octanol–water partition coefficient (Wildman–Crippen LogP) is 11.5. The van der Waals surface area contributed by atoms with Crippen molar-refractivity contribution in [2.75, 3.05) is 0 Å². The summed E-state index contributed by atoms with van der Waals surface area (Å²) in [5.74, 6) is 0.593. The number of benzene rings is 6. The second-order valence-corrected chi connectivity index (χ2v) is 15.5. The Labute approximate surface area is 373 Å². The average Bonchev–Trinajstić information content (AvgIpc) is 3.88. The van der Waals surface area contributed by atoms with Crippen LogP contribution in [0.2, 0.25) is 0 Å². The normalized spacial score (nSPS) is 11.5. The predicted molar refractivity (Wildman–Crippen MR) is 249 cm³/mol. The summed E-state index contributed by atoms with van der Waals surface area (Å²) in [5.41, 5.74) is 6.83. The van der Waals surface area contributed by atoms with E-state index in [1.807, 2.05) is 81.9 Å². The van der Waals surface area contributed by atoms with Crippen LogP contribution in [0.25, 0.3) is 112 Å². The number of nitrogens with zero attached hydrogens (tertiary/aromatic N) is 11. The second kappa shape index (κ2) is 15.4. The molecule has 6 aromatic carbocycles. The molecule has 0 spiro atoms. The Morgan fingerprint density at radius 3 is 1.09 bits per heavy atom. The summed E-state index contributed by atoms with van der Waals surface area (Å²) >= 11 is 0. The van der Waals surface area contributed by atoms with Gasteiger partial charge in [0.15, 0.2) is 23.3 Å². The Bertz CT molecular complexity index is 3690. The van der Waals surface area contributed by atoms with Crippen LogP contribution in [-0.4, -0.2) is 49.0 Å². The first-order chi connectivity index (χ1) is 32.5. The van der Waals surface area contributed by atoms with Crippen LogP contribution in [0.4, 0.5) is 8.78 Å². The van der Waals surface area contributed by atoms with E-state index in [0.29, 0.717) is 40.0 Å². The van der Waals surface area contributed by atoms with Crippen molar-refractivity contribution >= 4 is 43.6 Å². The Morgan fingerprint density at radius 2 is 0.742 bits per heavy atom. The first kappa shape index (κ1) is 38.3. The molecule has 6 aromatic heterocycles. The van der Waals surface area contributed by atoms with Crippen molar-refractivity contribution < 1.29 is 8.78 Å². The van der Waals surface area contributed by atoms with Gasteiger partial charge in [-0.1, -0.05) is 6.07 Å². The monoisotopic (exact) mass is 857 g/mol. The third-order valence-electron chi connectivity index (χ3n) is 11.8. The van der Waals surface area contributed by atoms with E-state index in [1.54, 1.807) is 86.0 Å². The zero-order valence-electron chi connectivity index (χ0n) is 34.4. The zero-order valence-corrected chi connectivity index (χ0v) is 34.4. The largest absolute Gasteiger partial charge is 0.308 e. The average molecular weight is 858 g/mol. The van der Waals surface area contributed by atoms with E-state index in [-0.39, 0.29) is 22.4 Å². The van der Waals surface area contributed by atoms with Crippen LogP contribution >= 0.6 is 0 Å². The molecule has 0 amide bonds. The van der Waals surface area contributed by atoms with E-state index in [1.165, 1.54) is 18.2 Å². The van der Waals surface area contributed by atoms with Crippen molar-refractivity contribution in [2.24, 2.45) is 0 Å². The molecule has 0 unspecified atom stereocenters. The molecule has 66 heavy (non-hydrogen) atoms. The number of hydrogen-bond donors (Lipinski definition) is 0. The van der Waals surface area contributed by atoms with E-state index in [0.717, 1.165) is 54.8 Å². The lowest BCUT2D eigenvalue weighted by Gasteiger charge is -2.20. The van der Waals surface area contributed by atoms with Crippen molar-refractivity contribution in [2.45, 2.75) is 0 Å². The Balaban J connectivity index is 1.20. The van der Waals surface area contributed by atoms with E-state index in [4.69, 9.17) is 0 Å². The summed E-state index contributed by atoms with van der Waals surface area (Å²) in [4.78, 5) is 36.2. The molecule has 0 N–H and O–H groups in total. The van der Waals surface area contributed by atoms with Crippen LogP contribution in [-0.2, 0) is 0 Å². The fraction of sp³-hybridized carbons (Fsp3) is 0. The van der Waals surface area contributed by atoms with Gasteiger partial charge in [0, 0.05) is 98.9 Å². The second-order valence-electron chi connectivity index (χ2n) is 15.5. The lowest BCUT2D eigenvalue weighted by molar-refractivity contribution is 0.589. The summed E-state index contributed by atoms with van der Waals surface area (Å²) in [7, 11) is 0. The highest BCUT2D eigenvalue weighted by Crippen LogP contribution is 2.44. The molecule has 0 bridgehead atoms. The number of halogens is 2. The molecule has 6 heterocycles. The van der Waals surface area contributed by atoms with Gasteiger partial charge in [-0.2, -0.15) is 5.26 Å². The molecule has 0 atom stereocenters. The van der Waals surface area contributed by atoms with E-state index in [9.17, 15) is 5.26 Å². The lowest BCUT2D eigenvalue weighted by Crippen LogP contribution is -2.07. The van der Waals surface area contributed by atoms with Crippen molar-refractivity contribution in [3.63, 3.8) is 0 Å². The highest BCUT2D eigenvalue weighted by atomic mass is 19.1. The summed E-state index contributed by atoms with van der Waals surface area (Å²) in [6.07, 6.45) is 13.5. The molecule has 0 aliphatic heterocycles. The van der Waals surface area contributed by atoms with Gasteiger partial charge >= 0.3 is 0 Å². The van der Waals surface area contributed by atoms with Crippen LogP contribution < -0.4 is 0 Å². The fourth-order valence-electron chi connectivity index (χ4n) is 8.96. The Hall–Kier alpha value is -9.41. The number of fused-ring (bicyclic) bond motifs is 6. The van der Waals surface area contributed by atoms with Crippen LogP contribution in [0.5, 0.6) is 0 Å². The molecule has 12 rings (SSSR count). The standard InChI is InChI=1S/C53H29F2N11/c54-41-6-1-7-42(55)48(41)35-12-17-47(65-43-13-8-31(50-57-18-2-19-58-50)26-36(43)37-27-32(9-14-44(37)65)51-59-20-3-21-60-51)40(30-56)49(35)66-45-15-10-33(52-61-22-4-23-62-52)28-38(45)39-29-34(11-16-46(39)66)53-63-24-5-25-64-53/h1-29H. The number of nitriles is 1. The molecule has 0 saturated carbocycles. The van der Waals surface area contributed by atoms with Crippen molar-refractivity contribution in [3.05, 3.63) is 194 Å². The van der Waals surface area contributed by atoms with E-state index < -0.39 is 11.6 Å². The van der Waals surface area contributed by atoms with Gasteiger partial charge in [0.1, 0.15) is 23.3 Å². The number of rotatable bonds is 7. The third kappa shape index (κ3) is 6.16. The topological polar surface area (TPSA) is 137 Å². The van der Waals surface area contributed by atoms with Crippen molar-refractivity contribution in [1.82, 2.24) is 49.0 Å². The molecule has 11 nitrogen and oxygen atoms in total.